The highest BCUT2D eigenvalue weighted by molar-refractivity contribution is 9.10. The predicted molar refractivity (Wildman–Crippen MR) is 65.5 cm³/mol. The Morgan fingerprint density at radius 3 is 2.76 bits per heavy atom. The molecule has 2 rings (SSSR count). The van der Waals surface area contributed by atoms with Gasteiger partial charge in [-0.1, -0.05) is 5.21 Å². The smallest absolute Gasteiger partial charge is 0.153 e. The lowest BCUT2D eigenvalue weighted by Gasteiger charge is -2.21. The van der Waals surface area contributed by atoms with Crippen LogP contribution in [-0.2, 0) is 16.9 Å². The molecule has 1 aliphatic heterocycles. The molecule has 9 heteroatoms. The van der Waals surface area contributed by atoms with Gasteiger partial charge in [0.15, 0.2) is 14.4 Å². The lowest BCUT2D eigenvalue weighted by Crippen LogP contribution is -2.35. The molecule has 2 heterocycles. The fraction of sp³-hybridized carbons (Fsp3) is 0.750. The van der Waals surface area contributed by atoms with Crippen molar-refractivity contribution in [2.24, 2.45) is 18.8 Å². The number of rotatable bonds is 3. The topological polar surface area (TPSA) is 103 Å². The van der Waals surface area contributed by atoms with Crippen molar-refractivity contribution in [2.75, 3.05) is 11.5 Å². The molecule has 2 atom stereocenters. The van der Waals surface area contributed by atoms with E-state index in [2.05, 4.69) is 31.7 Å². The molecule has 0 spiro atoms. The highest BCUT2D eigenvalue weighted by Gasteiger charge is 2.36. The zero-order valence-corrected chi connectivity index (χ0v) is 11.7. The van der Waals surface area contributed by atoms with Crippen LogP contribution in [0.4, 0.5) is 0 Å². The second-order valence-electron chi connectivity index (χ2n) is 4.20. The molecule has 1 fully saturated rings. The van der Waals surface area contributed by atoms with Gasteiger partial charge in [0.25, 0.3) is 0 Å². The number of nitrogens with one attached hydrogen (secondary N) is 1. The third kappa shape index (κ3) is 2.51. The maximum absolute atomic E-state index is 11.5. The Balaban J connectivity index is 2.29. The first-order chi connectivity index (χ1) is 7.94. The van der Waals surface area contributed by atoms with E-state index in [9.17, 15) is 8.42 Å². The third-order valence-corrected chi connectivity index (χ3v) is 5.40. The fourth-order valence-corrected chi connectivity index (χ4v) is 4.61. The molecule has 0 aliphatic carbocycles. The van der Waals surface area contributed by atoms with Gasteiger partial charge in [0.2, 0.25) is 0 Å². The maximum atomic E-state index is 11.5. The van der Waals surface area contributed by atoms with E-state index in [0.29, 0.717) is 11.0 Å². The van der Waals surface area contributed by atoms with E-state index in [-0.39, 0.29) is 23.5 Å². The summed E-state index contributed by atoms with van der Waals surface area (Å²) in [5.41, 5.74) is 3.44. The van der Waals surface area contributed by atoms with Crippen molar-refractivity contribution in [1.82, 2.24) is 20.4 Å². The van der Waals surface area contributed by atoms with E-state index in [1.807, 2.05) is 0 Å². The second-order valence-corrected chi connectivity index (χ2v) is 7.18. The summed E-state index contributed by atoms with van der Waals surface area (Å²) in [6, 6.07) is -0.262. The van der Waals surface area contributed by atoms with Gasteiger partial charge < -0.3 is 0 Å². The van der Waals surface area contributed by atoms with Crippen molar-refractivity contribution in [2.45, 2.75) is 12.5 Å². The predicted octanol–water partition coefficient (Wildman–Crippen LogP) is -0.483. The van der Waals surface area contributed by atoms with Gasteiger partial charge in [0, 0.05) is 7.05 Å². The Labute approximate surface area is 108 Å². The van der Waals surface area contributed by atoms with Crippen LogP contribution in [0.5, 0.6) is 0 Å². The van der Waals surface area contributed by atoms with Crippen LogP contribution in [0.2, 0.25) is 0 Å². The summed E-state index contributed by atoms with van der Waals surface area (Å²) in [4.78, 5) is 0. The van der Waals surface area contributed by atoms with E-state index in [0.717, 1.165) is 5.69 Å². The van der Waals surface area contributed by atoms with E-state index >= 15 is 0 Å². The van der Waals surface area contributed by atoms with Crippen LogP contribution < -0.4 is 11.3 Å². The number of sulfone groups is 1. The van der Waals surface area contributed by atoms with Crippen molar-refractivity contribution in [3.05, 3.63) is 10.3 Å². The lowest BCUT2D eigenvalue weighted by atomic mass is 9.97. The maximum Gasteiger partial charge on any atom is 0.153 e. The number of aromatic nitrogens is 3. The van der Waals surface area contributed by atoms with Gasteiger partial charge in [-0.05, 0) is 28.3 Å². The van der Waals surface area contributed by atoms with Crippen LogP contribution in [0.15, 0.2) is 4.60 Å². The molecular formula is C8H14BrN5O2S. The second kappa shape index (κ2) is 4.63. The van der Waals surface area contributed by atoms with Gasteiger partial charge in [-0.25, -0.2) is 13.1 Å². The first kappa shape index (κ1) is 12.9. The highest BCUT2D eigenvalue weighted by atomic mass is 79.9. The zero-order valence-electron chi connectivity index (χ0n) is 9.30. The van der Waals surface area contributed by atoms with Gasteiger partial charge >= 0.3 is 0 Å². The van der Waals surface area contributed by atoms with Crippen LogP contribution in [0.1, 0.15) is 18.2 Å². The van der Waals surface area contributed by atoms with E-state index < -0.39 is 9.84 Å². The first-order valence-electron chi connectivity index (χ1n) is 5.16. The molecule has 3 N–H and O–H groups in total. The number of hydrogen-bond donors (Lipinski definition) is 2. The summed E-state index contributed by atoms with van der Waals surface area (Å²) in [5, 5.41) is 7.74. The van der Waals surface area contributed by atoms with E-state index in [4.69, 9.17) is 5.84 Å². The fourth-order valence-electron chi connectivity index (χ4n) is 2.19. The Morgan fingerprint density at radius 2 is 2.35 bits per heavy atom. The largest absolute Gasteiger partial charge is 0.271 e. The minimum absolute atomic E-state index is 0.0431. The molecule has 17 heavy (non-hydrogen) atoms. The lowest BCUT2D eigenvalue weighted by molar-refractivity contribution is 0.377. The molecule has 1 saturated heterocycles. The average molecular weight is 324 g/mol. The molecule has 1 aromatic rings. The van der Waals surface area contributed by atoms with Crippen LogP contribution in [-0.4, -0.2) is 34.9 Å². The van der Waals surface area contributed by atoms with E-state index in [1.165, 1.54) is 0 Å². The molecule has 2 unspecified atom stereocenters. The summed E-state index contributed by atoms with van der Waals surface area (Å²) in [6.07, 6.45) is 0.606. The summed E-state index contributed by atoms with van der Waals surface area (Å²) < 4.78 is 25.2. The molecule has 0 bridgehead atoms. The Kier molecular flexibility index (Phi) is 3.53. The van der Waals surface area contributed by atoms with Crippen molar-refractivity contribution in [3.63, 3.8) is 0 Å². The molecule has 96 valence electrons. The summed E-state index contributed by atoms with van der Waals surface area (Å²) in [5.74, 6) is 5.87. The van der Waals surface area contributed by atoms with Gasteiger partial charge in [0.05, 0.1) is 23.2 Å². The standard InChI is InChI=1S/C8H14BrN5O2S/c1-14-7(8(9)12-13-14)6(11-10)5-2-3-17(15,16)4-5/h5-6,11H,2-4,10H2,1H3. The molecule has 0 saturated carbocycles. The summed E-state index contributed by atoms with van der Waals surface area (Å²) in [7, 11) is -1.18. The van der Waals surface area contributed by atoms with Crippen LogP contribution in [0.3, 0.4) is 0 Å². The van der Waals surface area contributed by atoms with E-state index in [1.54, 1.807) is 11.7 Å². The van der Waals surface area contributed by atoms with Crippen molar-refractivity contribution in [3.8, 4) is 0 Å². The summed E-state index contributed by atoms with van der Waals surface area (Å²) >= 11 is 3.29. The summed E-state index contributed by atoms with van der Waals surface area (Å²) in [6.45, 7) is 0. The van der Waals surface area contributed by atoms with Crippen LogP contribution in [0.25, 0.3) is 0 Å². The molecule has 1 aromatic heterocycles. The Morgan fingerprint density at radius 1 is 1.65 bits per heavy atom. The molecule has 0 aromatic carbocycles. The number of hydrazine groups is 1. The number of nitrogens with two attached hydrogens (primary N) is 1. The third-order valence-electron chi connectivity index (χ3n) is 3.04. The Bertz CT molecular complexity index is 494. The van der Waals surface area contributed by atoms with Crippen molar-refractivity contribution in [1.29, 1.82) is 0 Å². The monoisotopic (exact) mass is 323 g/mol. The number of aryl methyl sites for hydroxylation is 1. The van der Waals surface area contributed by atoms with Gasteiger partial charge in [-0.15, -0.1) is 5.10 Å². The van der Waals surface area contributed by atoms with Crippen LogP contribution in [0, 0.1) is 5.92 Å². The van der Waals surface area contributed by atoms with Gasteiger partial charge in [0.1, 0.15) is 0 Å². The van der Waals surface area contributed by atoms with Crippen molar-refractivity contribution >= 4 is 25.8 Å². The quantitative estimate of drug-likeness (QED) is 0.575. The molecule has 1 aliphatic rings. The Hall–Kier alpha value is -0.510. The molecular weight excluding hydrogens is 310 g/mol. The molecule has 0 radical (unpaired) electrons. The molecule has 7 nitrogen and oxygen atoms in total. The number of halogens is 1. The van der Waals surface area contributed by atoms with Crippen LogP contribution >= 0.6 is 15.9 Å². The van der Waals surface area contributed by atoms with Gasteiger partial charge in [-0.2, -0.15) is 0 Å². The minimum atomic E-state index is -2.93. The zero-order chi connectivity index (χ0) is 12.6. The first-order valence-corrected chi connectivity index (χ1v) is 7.77. The number of nitrogens with zero attached hydrogens (tertiary/aromatic N) is 3. The molecule has 0 amide bonds. The average Bonchev–Trinajstić information content (AvgIpc) is 2.76. The highest BCUT2D eigenvalue weighted by Crippen LogP contribution is 2.33. The van der Waals surface area contributed by atoms with Crippen molar-refractivity contribution < 1.29 is 8.42 Å². The minimum Gasteiger partial charge on any atom is -0.271 e. The van der Waals surface area contributed by atoms with Gasteiger partial charge in [-0.3, -0.25) is 11.3 Å². The SMILES string of the molecule is Cn1nnc(Br)c1C(NN)C1CCS(=O)(=O)C1. The number of hydrogen-bond acceptors (Lipinski definition) is 6. The normalized spacial score (nSPS) is 25.0.